The summed E-state index contributed by atoms with van der Waals surface area (Å²) in [5.74, 6) is 0.244. The first-order valence-electron chi connectivity index (χ1n) is 7.74. The number of carbonyl (C=O) groups excluding carboxylic acids is 2. The van der Waals surface area contributed by atoms with Gasteiger partial charge in [-0.15, -0.1) is 11.3 Å². The van der Waals surface area contributed by atoms with E-state index in [0.29, 0.717) is 17.2 Å². The van der Waals surface area contributed by atoms with E-state index in [0.717, 1.165) is 4.88 Å². The summed E-state index contributed by atoms with van der Waals surface area (Å²) in [6.07, 6.45) is 0.0728. The Balaban J connectivity index is 1.67. The molecule has 1 aliphatic heterocycles. The van der Waals surface area contributed by atoms with E-state index in [9.17, 15) is 9.59 Å². The molecule has 2 aromatic rings. The van der Waals surface area contributed by atoms with Crippen LogP contribution in [0.4, 0.5) is 10.5 Å². The van der Waals surface area contributed by atoms with Crippen LogP contribution in [-0.4, -0.2) is 17.7 Å². The average molecular weight is 361 g/mol. The minimum absolute atomic E-state index is 0.0728. The number of anilines is 1. The molecule has 8 heteroatoms. The van der Waals surface area contributed by atoms with Crippen LogP contribution >= 0.6 is 11.3 Å². The SMILES string of the molecule is CC1(C)Oc2ccc(NC(=O)C[C@H](NC(N)=O)c3cccs3)cc2O1. The number of rotatable bonds is 5. The van der Waals surface area contributed by atoms with Crippen molar-refractivity contribution in [3.05, 3.63) is 40.6 Å². The van der Waals surface area contributed by atoms with Gasteiger partial charge in [-0.05, 0) is 23.6 Å². The highest BCUT2D eigenvalue weighted by Gasteiger charge is 2.31. The van der Waals surface area contributed by atoms with Crippen molar-refractivity contribution in [2.24, 2.45) is 5.73 Å². The van der Waals surface area contributed by atoms with Gasteiger partial charge in [0.1, 0.15) is 0 Å². The smallest absolute Gasteiger partial charge is 0.312 e. The van der Waals surface area contributed by atoms with Gasteiger partial charge in [0, 0.05) is 30.5 Å². The van der Waals surface area contributed by atoms with Crippen LogP contribution in [0, 0.1) is 0 Å². The normalized spacial score (nSPS) is 15.4. The molecule has 0 aliphatic carbocycles. The Morgan fingerprint density at radius 1 is 1.24 bits per heavy atom. The average Bonchev–Trinajstić information content (AvgIpc) is 3.11. The van der Waals surface area contributed by atoms with Crippen molar-refractivity contribution in [2.45, 2.75) is 32.1 Å². The van der Waals surface area contributed by atoms with Crippen LogP contribution in [0.1, 0.15) is 31.2 Å². The van der Waals surface area contributed by atoms with Crippen LogP contribution in [0.3, 0.4) is 0 Å². The number of primary amides is 1. The molecule has 1 aromatic carbocycles. The molecule has 1 atom stereocenters. The van der Waals surface area contributed by atoms with Crippen LogP contribution in [0.25, 0.3) is 0 Å². The minimum Gasteiger partial charge on any atom is -0.449 e. The quantitative estimate of drug-likeness (QED) is 0.762. The van der Waals surface area contributed by atoms with E-state index in [4.69, 9.17) is 15.2 Å². The van der Waals surface area contributed by atoms with Gasteiger partial charge in [0.25, 0.3) is 0 Å². The topological polar surface area (TPSA) is 103 Å². The van der Waals surface area contributed by atoms with Crippen LogP contribution in [-0.2, 0) is 4.79 Å². The molecule has 0 fully saturated rings. The maximum Gasteiger partial charge on any atom is 0.312 e. The van der Waals surface area contributed by atoms with E-state index in [1.54, 1.807) is 18.2 Å². The van der Waals surface area contributed by atoms with Crippen LogP contribution in [0.5, 0.6) is 11.5 Å². The molecular formula is C17H19N3O4S. The summed E-state index contributed by atoms with van der Waals surface area (Å²) in [6.45, 7) is 3.62. The molecule has 0 saturated heterocycles. The van der Waals surface area contributed by atoms with E-state index in [-0.39, 0.29) is 12.3 Å². The molecular weight excluding hydrogens is 342 g/mol. The number of nitrogens with one attached hydrogen (secondary N) is 2. The van der Waals surface area contributed by atoms with Gasteiger partial charge >= 0.3 is 6.03 Å². The number of urea groups is 1. The molecule has 132 valence electrons. The summed E-state index contributed by atoms with van der Waals surface area (Å²) in [4.78, 5) is 24.4. The lowest BCUT2D eigenvalue weighted by Crippen LogP contribution is -2.34. The van der Waals surface area contributed by atoms with Gasteiger partial charge < -0.3 is 25.8 Å². The van der Waals surface area contributed by atoms with E-state index in [1.807, 2.05) is 31.4 Å². The van der Waals surface area contributed by atoms with Gasteiger partial charge in [0.2, 0.25) is 11.7 Å². The molecule has 7 nitrogen and oxygen atoms in total. The molecule has 3 rings (SSSR count). The zero-order chi connectivity index (χ0) is 18.0. The predicted octanol–water partition coefficient (Wildman–Crippen LogP) is 2.99. The number of hydrogen-bond donors (Lipinski definition) is 3. The number of ether oxygens (including phenoxy) is 2. The van der Waals surface area contributed by atoms with E-state index in [2.05, 4.69) is 10.6 Å². The zero-order valence-corrected chi connectivity index (χ0v) is 14.7. The highest BCUT2D eigenvalue weighted by molar-refractivity contribution is 7.10. The molecule has 0 saturated carbocycles. The second-order valence-corrected chi connectivity index (χ2v) is 7.07. The number of hydrogen-bond acceptors (Lipinski definition) is 5. The Morgan fingerprint density at radius 3 is 2.68 bits per heavy atom. The van der Waals surface area contributed by atoms with Crippen molar-refractivity contribution in [1.82, 2.24) is 5.32 Å². The summed E-state index contributed by atoms with van der Waals surface area (Å²) < 4.78 is 11.3. The Kier molecular flexibility index (Phi) is 4.54. The number of nitrogens with two attached hydrogens (primary N) is 1. The maximum atomic E-state index is 12.4. The van der Waals surface area contributed by atoms with Crippen LogP contribution < -0.4 is 25.8 Å². The summed E-state index contributed by atoms with van der Waals surface area (Å²) in [6, 6.07) is 7.76. The van der Waals surface area contributed by atoms with Crippen LogP contribution in [0.2, 0.25) is 0 Å². The Hall–Kier alpha value is -2.74. The molecule has 0 radical (unpaired) electrons. The third kappa shape index (κ3) is 4.21. The Bertz CT molecular complexity index is 789. The summed E-state index contributed by atoms with van der Waals surface area (Å²) in [5, 5.41) is 7.28. The molecule has 3 amide bonds. The lowest BCUT2D eigenvalue weighted by atomic mass is 10.1. The van der Waals surface area contributed by atoms with Gasteiger partial charge in [-0.2, -0.15) is 0 Å². The summed E-state index contributed by atoms with van der Waals surface area (Å²) in [5.41, 5.74) is 5.80. The van der Waals surface area contributed by atoms with Gasteiger partial charge in [-0.3, -0.25) is 4.79 Å². The largest absolute Gasteiger partial charge is 0.449 e. The highest BCUT2D eigenvalue weighted by Crippen LogP contribution is 2.40. The second kappa shape index (κ2) is 6.64. The van der Waals surface area contributed by atoms with Crippen molar-refractivity contribution in [2.75, 3.05) is 5.32 Å². The Morgan fingerprint density at radius 2 is 2.00 bits per heavy atom. The number of thiophene rings is 1. The maximum absolute atomic E-state index is 12.4. The summed E-state index contributed by atoms with van der Waals surface area (Å²) in [7, 11) is 0. The van der Waals surface area contributed by atoms with Crippen molar-refractivity contribution in [1.29, 1.82) is 0 Å². The first-order valence-corrected chi connectivity index (χ1v) is 8.62. The van der Waals surface area contributed by atoms with Crippen molar-refractivity contribution < 1.29 is 19.1 Å². The van der Waals surface area contributed by atoms with Gasteiger partial charge in [0.15, 0.2) is 11.5 Å². The number of amides is 3. The van der Waals surface area contributed by atoms with Gasteiger partial charge in [-0.1, -0.05) is 6.07 Å². The number of fused-ring (bicyclic) bond motifs is 1. The minimum atomic E-state index is -0.722. The fourth-order valence-corrected chi connectivity index (χ4v) is 3.36. The predicted molar refractivity (Wildman–Crippen MR) is 94.8 cm³/mol. The molecule has 25 heavy (non-hydrogen) atoms. The zero-order valence-electron chi connectivity index (χ0n) is 13.9. The Labute approximate surface area is 149 Å². The second-order valence-electron chi connectivity index (χ2n) is 6.09. The molecule has 4 N–H and O–H groups in total. The van der Waals surface area contributed by atoms with Gasteiger partial charge in [0.05, 0.1) is 12.5 Å². The first kappa shape index (κ1) is 17.1. The lowest BCUT2D eigenvalue weighted by Gasteiger charge is -2.16. The third-order valence-corrected chi connectivity index (χ3v) is 4.52. The number of benzene rings is 1. The standard InChI is InChI=1S/C17H19N3O4S/c1-17(2)23-12-6-5-10(8-13(12)24-17)19-15(21)9-11(20-16(18)22)14-4-3-7-25-14/h3-8,11H,9H2,1-2H3,(H,19,21)(H3,18,20,22)/t11-/m0/s1. The summed E-state index contributed by atoms with van der Waals surface area (Å²) >= 11 is 1.45. The highest BCUT2D eigenvalue weighted by atomic mass is 32.1. The molecule has 0 bridgehead atoms. The van der Waals surface area contributed by atoms with E-state index < -0.39 is 17.9 Å². The van der Waals surface area contributed by atoms with Gasteiger partial charge in [-0.25, -0.2) is 4.79 Å². The molecule has 0 unspecified atom stereocenters. The first-order chi connectivity index (χ1) is 11.8. The fraction of sp³-hybridized carbons (Fsp3) is 0.294. The fourth-order valence-electron chi connectivity index (χ4n) is 2.58. The molecule has 2 heterocycles. The third-order valence-electron chi connectivity index (χ3n) is 3.53. The molecule has 1 aliphatic rings. The van der Waals surface area contributed by atoms with Crippen molar-refractivity contribution >= 4 is 29.0 Å². The molecule has 1 aromatic heterocycles. The molecule has 0 spiro atoms. The van der Waals surface area contributed by atoms with E-state index in [1.165, 1.54) is 11.3 Å². The van der Waals surface area contributed by atoms with E-state index >= 15 is 0 Å². The lowest BCUT2D eigenvalue weighted by molar-refractivity contribution is -0.116. The number of carbonyl (C=O) groups is 2. The van der Waals surface area contributed by atoms with Crippen molar-refractivity contribution in [3.8, 4) is 11.5 Å². The van der Waals surface area contributed by atoms with Crippen LogP contribution in [0.15, 0.2) is 35.7 Å². The van der Waals surface area contributed by atoms with Crippen molar-refractivity contribution in [3.63, 3.8) is 0 Å². The monoisotopic (exact) mass is 361 g/mol.